The molecule has 0 saturated heterocycles. The van der Waals surface area contributed by atoms with Crippen molar-refractivity contribution in [3.05, 3.63) is 59.2 Å². The second-order valence-corrected chi connectivity index (χ2v) is 7.29. The minimum atomic E-state index is 0.230. The van der Waals surface area contributed by atoms with Crippen molar-refractivity contribution in [3.8, 4) is 11.5 Å². The average Bonchev–Trinajstić information content (AvgIpc) is 2.75. The number of rotatable bonds is 10. The van der Waals surface area contributed by atoms with E-state index in [1.54, 1.807) is 0 Å². The second-order valence-electron chi connectivity index (χ2n) is 7.29. The number of nitrogens with zero attached hydrogens (tertiary/aromatic N) is 1. The van der Waals surface area contributed by atoms with Crippen molar-refractivity contribution < 1.29 is 9.47 Å². The summed E-state index contributed by atoms with van der Waals surface area (Å²) in [7, 11) is 0. The molecular formula is C24H34N2O2. The Labute approximate surface area is 169 Å². The lowest BCUT2D eigenvalue weighted by molar-refractivity contribution is 0.222. The van der Waals surface area contributed by atoms with Gasteiger partial charge in [0.15, 0.2) is 0 Å². The molecule has 0 amide bonds. The fourth-order valence-electron chi connectivity index (χ4n) is 3.74. The van der Waals surface area contributed by atoms with E-state index in [9.17, 15) is 0 Å². The van der Waals surface area contributed by atoms with E-state index in [1.165, 1.54) is 16.7 Å². The lowest BCUT2D eigenvalue weighted by Crippen LogP contribution is -2.30. The van der Waals surface area contributed by atoms with E-state index in [0.29, 0.717) is 0 Å². The molecule has 1 unspecified atom stereocenters. The van der Waals surface area contributed by atoms with Gasteiger partial charge < -0.3 is 19.7 Å². The summed E-state index contributed by atoms with van der Waals surface area (Å²) in [4.78, 5) is 2.38. The number of hydrogen-bond acceptors (Lipinski definition) is 4. The van der Waals surface area contributed by atoms with E-state index in [4.69, 9.17) is 9.47 Å². The van der Waals surface area contributed by atoms with Crippen molar-refractivity contribution in [3.63, 3.8) is 0 Å². The van der Waals surface area contributed by atoms with Crippen LogP contribution in [-0.2, 0) is 6.42 Å². The molecule has 0 aromatic heterocycles. The SMILES string of the molecule is CCCOc1ccc(C2NCCc3cc(OCCN(CC)CC)ccc32)cc1. The predicted molar refractivity (Wildman–Crippen MR) is 116 cm³/mol. The highest BCUT2D eigenvalue weighted by Gasteiger charge is 2.21. The Morgan fingerprint density at radius 3 is 2.36 bits per heavy atom. The zero-order chi connectivity index (χ0) is 19.8. The number of likely N-dealkylation sites (N-methyl/N-ethyl adjacent to an activating group) is 1. The quantitative estimate of drug-likeness (QED) is 0.659. The van der Waals surface area contributed by atoms with Gasteiger partial charge in [-0.25, -0.2) is 0 Å². The molecule has 0 aliphatic carbocycles. The fraction of sp³-hybridized carbons (Fsp3) is 0.500. The molecule has 1 heterocycles. The van der Waals surface area contributed by atoms with Crippen LogP contribution in [0.2, 0.25) is 0 Å². The zero-order valence-electron chi connectivity index (χ0n) is 17.5. The highest BCUT2D eigenvalue weighted by molar-refractivity contribution is 5.44. The van der Waals surface area contributed by atoms with Crippen LogP contribution in [0.1, 0.15) is 49.9 Å². The second kappa shape index (κ2) is 10.5. The highest BCUT2D eigenvalue weighted by Crippen LogP contribution is 2.32. The largest absolute Gasteiger partial charge is 0.494 e. The molecule has 4 nitrogen and oxygen atoms in total. The van der Waals surface area contributed by atoms with Crippen molar-refractivity contribution in [2.24, 2.45) is 0 Å². The van der Waals surface area contributed by atoms with Crippen molar-refractivity contribution in [1.82, 2.24) is 10.2 Å². The summed E-state index contributed by atoms with van der Waals surface area (Å²) in [5.41, 5.74) is 4.01. The van der Waals surface area contributed by atoms with Gasteiger partial charge in [-0.1, -0.05) is 39.0 Å². The number of hydrogen-bond donors (Lipinski definition) is 1. The first-order chi connectivity index (χ1) is 13.7. The minimum absolute atomic E-state index is 0.230. The molecule has 0 bridgehead atoms. The topological polar surface area (TPSA) is 33.7 Å². The molecule has 1 N–H and O–H groups in total. The fourth-order valence-corrected chi connectivity index (χ4v) is 3.74. The van der Waals surface area contributed by atoms with Crippen LogP contribution in [0, 0.1) is 0 Å². The molecule has 3 rings (SSSR count). The summed E-state index contributed by atoms with van der Waals surface area (Å²) < 4.78 is 11.7. The van der Waals surface area contributed by atoms with Crippen LogP contribution in [0.3, 0.4) is 0 Å². The summed E-state index contributed by atoms with van der Waals surface area (Å²) in [5, 5.41) is 3.66. The van der Waals surface area contributed by atoms with E-state index < -0.39 is 0 Å². The van der Waals surface area contributed by atoms with Gasteiger partial charge in [0.25, 0.3) is 0 Å². The van der Waals surface area contributed by atoms with Crippen LogP contribution in [0.25, 0.3) is 0 Å². The van der Waals surface area contributed by atoms with Crippen LogP contribution in [0.4, 0.5) is 0 Å². The Bertz CT molecular complexity index is 726. The Balaban J connectivity index is 1.67. The van der Waals surface area contributed by atoms with Gasteiger partial charge in [0.1, 0.15) is 18.1 Å². The maximum absolute atomic E-state index is 6.02. The maximum Gasteiger partial charge on any atom is 0.119 e. The third kappa shape index (κ3) is 5.27. The Morgan fingerprint density at radius 1 is 0.929 bits per heavy atom. The summed E-state index contributed by atoms with van der Waals surface area (Å²) in [6.45, 7) is 12.1. The molecule has 1 aliphatic heterocycles. The van der Waals surface area contributed by atoms with Gasteiger partial charge >= 0.3 is 0 Å². The third-order valence-corrected chi connectivity index (χ3v) is 5.43. The number of fused-ring (bicyclic) bond motifs is 1. The molecule has 0 spiro atoms. The van der Waals surface area contributed by atoms with Crippen molar-refractivity contribution in [2.75, 3.05) is 39.4 Å². The molecule has 28 heavy (non-hydrogen) atoms. The Kier molecular flexibility index (Phi) is 7.75. The normalized spacial score (nSPS) is 16.1. The van der Waals surface area contributed by atoms with E-state index in [1.807, 2.05) is 0 Å². The Morgan fingerprint density at radius 2 is 1.64 bits per heavy atom. The molecule has 1 atom stereocenters. The first-order valence-corrected chi connectivity index (χ1v) is 10.7. The van der Waals surface area contributed by atoms with Crippen molar-refractivity contribution in [2.45, 2.75) is 39.7 Å². The maximum atomic E-state index is 6.02. The molecule has 0 radical (unpaired) electrons. The molecule has 2 aromatic rings. The van der Waals surface area contributed by atoms with Gasteiger partial charge in [-0.3, -0.25) is 0 Å². The van der Waals surface area contributed by atoms with Gasteiger partial charge in [0, 0.05) is 13.1 Å². The molecule has 2 aromatic carbocycles. The lowest BCUT2D eigenvalue weighted by Gasteiger charge is -2.28. The number of nitrogens with one attached hydrogen (secondary N) is 1. The van der Waals surface area contributed by atoms with E-state index in [2.05, 4.69) is 73.5 Å². The van der Waals surface area contributed by atoms with Crippen molar-refractivity contribution in [1.29, 1.82) is 0 Å². The van der Waals surface area contributed by atoms with Gasteiger partial charge in [-0.05, 0) is 66.9 Å². The van der Waals surface area contributed by atoms with Crippen LogP contribution in [0.5, 0.6) is 11.5 Å². The highest BCUT2D eigenvalue weighted by atomic mass is 16.5. The van der Waals surface area contributed by atoms with Gasteiger partial charge in [-0.2, -0.15) is 0 Å². The third-order valence-electron chi connectivity index (χ3n) is 5.43. The van der Waals surface area contributed by atoms with E-state index in [-0.39, 0.29) is 6.04 Å². The van der Waals surface area contributed by atoms with Crippen LogP contribution in [-0.4, -0.2) is 44.3 Å². The average molecular weight is 383 g/mol. The predicted octanol–water partition coefficient (Wildman–Crippen LogP) is 4.43. The Hall–Kier alpha value is -2.04. The molecule has 0 saturated carbocycles. The molecular weight excluding hydrogens is 348 g/mol. The van der Waals surface area contributed by atoms with Gasteiger partial charge in [0.05, 0.1) is 12.6 Å². The summed E-state index contributed by atoms with van der Waals surface area (Å²) in [5.74, 6) is 1.92. The minimum Gasteiger partial charge on any atom is -0.494 e. The first-order valence-electron chi connectivity index (χ1n) is 10.7. The standard InChI is InChI=1S/C24H34N2O2/c1-4-16-27-21-9-7-19(8-10-21)24-23-12-11-22(18-20(23)13-14-25-24)28-17-15-26(5-2)6-3/h7-12,18,24-25H,4-6,13-17H2,1-3H3. The molecule has 1 aliphatic rings. The summed E-state index contributed by atoms with van der Waals surface area (Å²) >= 11 is 0. The number of ether oxygens (including phenoxy) is 2. The summed E-state index contributed by atoms with van der Waals surface area (Å²) in [6, 6.07) is 15.3. The molecule has 0 fully saturated rings. The monoisotopic (exact) mass is 382 g/mol. The van der Waals surface area contributed by atoms with Crippen molar-refractivity contribution >= 4 is 0 Å². The number of benzene rings is 2. The lowest BCUT2D eigenvalue weighted by atomic mass is 9.90. The van der Waals surface area contributed by atoms with Gasteiger partial charge in [-0.15, -0.1) is 0 Å². The first kappa shape index (κ1) is 20.7. The molecule has 4 heteroatoms. The van der Waals surface area contributed by atoms with Crippen LogP contribution in [0.15, 0.2) is 42.5 Å². The van der Waals surface area contributed by atoms with Crippen LogP contribution >= 0.6 is 0 Å². The zero-order valence-corrected chi connectivity index (χ0v) is 17.5. The summed E-state index contributed by atoms with van der Waals surface area (Å²) in [6.07, 6.45) is 2.06. The molecule has 152 valence electrons. The van der Waals surface area contributed by atoms with Crippen LogP contribution < -0.4 is 14.8 Å². The van der Waals surface area contributed by atoms with E-state index >= 15 is 0 Å². The van der Waals surface area contributed by atoms with Gasteiger partial charge in [0.2, 0.25) is 0 Å². The smallest absolute Gasteiger partial charge is 0.119 e. The van der Waals surface area contributed by atoms with E-state index in [0.717, 1.165) is 63.7 Å².